The molecule has 3 rings (SSSR count). The van der Waals surface area contributed by atoms with Gasteiger partial charge in [0.05, 0.1) is 29.9 Å². The van der Waals surface area contributed by atoms with Crippen LogP contribution >= 0.6 is 0 Å². The number of phenols is 1. The zero-order chi connectivity index (χ0) is 26.3. The Labute approximate surface area is 212 Å². The van der Waals surface area contributed by atoms with Gasteiger partial charge in [-0.15, -0.1) is 0 Å². The topological polar surface area (TPSA) is 142 Å². The number of hydrogen-bond acceptors (Lipinski definition) is 7. The van der Waals surface area contributed by atoms with E-state index in [4.69, 9.17) is 9.88 Å². The van der Waals surface area contributed by atoms with E-state index in [1.807, 2.05) is 32.0 Å². The summed E-state index contributed by atoms with van der Waals surface area (Å²) < 4.78 is 29.2. The molecule has 0 saturated carbocycles. The molecular formula is C27H34N2O6S. The van der Waals surface area contributed by atoms with Gasteiger partial charge in [-0.05, 0) is 85.7 Å². The molecule has 194 valence electrons. The molecule has 0 unspecified atom stereocenters. The maximum atomic E-state index is 11.5. The van der Waals surface area contributed by atoms with Crippen molar-refractivity contribution < 1.29 is 28.5 Å². The molecular weight excluding hydrogens is 480 g/mol. The molecule has 0 bridgehead atoms. The Bertz CT molecular complexity index is 1290. The van der Waals surface area contributed by atoms with Crippen molar-refractivity contribution >= 4 is 15.7 Å². The van der Waals surface area contributed by atoms with Crippen molar-refractivity contribution in [2.75, 3.05) is 18.5 Å². The Kier molecular flexibility index (Phi) is 9.33. The highest BCUT2D eigenvalue weighted by Crippen LogP contribution is 2.32. The first-order chi connectivity index (χ1) is 17.1. The zero-order valence-electron chi connectivity index (χ0n) is 20.6. The van der Waals surface area contributed by atoms with E-state index in [-0.39, 0.29) is 23.8 Å². The van der Waals surface area contributed by atoms with Crippen molar-refractivity contribution in [3.63, 3.8) is 0 Å². The first-order valence-electron chi connectivity index (χ1n) is 11.8. The number of primary sulfonamides is 1. The van der Waals surface area contributed by atoms with E-state index in [2.05, 4.69) is 5.32 Å². The van der Waals surface area contributed by atoms with Crippen molar-refractivity contribution in [2.45, 2.75) is 50.7 Å². The van der Waals surface area contributed by atoms with Gasteiger partial charge in [-0.2, -0.15) is 0 Å². The van der Waals surface area contributed by atoms with Gasteiger partial charge >= 0.3 is 0 Å². The van der Waals surface area contributed by atoms with Crippen LogP contribution in [0.4, 0.5) is 5.69 Å². The summed E-state index contributed by atoms with van der Waals surface area (Å²) in [5.74, 6) is 0.712. The maximum Gasteiger partial charge on any atom is 0.238 e. The summed E-state index contributed by atoms with van der Waals surface area (Å²) in [6.07, 6.45) is 1.44. The van der Waals surface area contributed by atoms with Crippen LogP contribution in [0.2, 0.25) is 0 Å². The van der Waals surface area contributed by atoms with Crippen molar-refractivity contribution in [3.8, 4) is 11.5 Å². The molecule has 0 aromatic heterocycles. The Balaban J connectivity index is 1.58. The summed E-state index contributed by atoms with van der Waals surface area (Å²) >= 11 is 0. The fourth-order valence-corrected chi connectivity index (χ4v) is 4.45. The average molecular weight is 515 g/mol. The molecule has 0 fully saturated rings. The number of aryl methyl sites for hydroxylation is 2. The van der Waals surface area contributed by atoms with E-state index in [0.717, 1.165) is 41.0 Å². The van der Waals surface area contributed by atoms with Gasteiger partial charge < -0.3 is 25.4 Å². The minimum absolute atomic E-state index is 0.0108. The molecule has 0 aliphatic carbocycles. The van der Waals surface area contributed by atoms with Crippen molar-refractivity contribution in [2.24, 2.45) is 5.14 Å². The van der Waals surface area contributed by atoms with Gasteiger partial charge in [-0.1, -0.05) is 24.3 Å². The number of unbranched alkanes of at least 4 members (excludes halogenated alkanes) is 1. The summed E-state index contributed by atoms with van der Waals surface area (Å²) in [5, 5.41) is 38.2. The zero-order valence-corrected chi connectivity index (χ0v) is 21.4. The largest absolute Gasteiger partial charge is 0.508 e. The third-order valence-corrected chi connectivity index (χ3v) is 7.07. The Hall–Kier alpha value is -3.11. The van der Waals surface area contributed by atoms with Crippen LogP contribution in [0.3, 0.4) is 0 Å². The van der Waals surface area contributed by atoms with Gasteiger partial charge in [-0.25, -0.2) is 13.6 Å². The quantitative estimate of drug-likeness (QED) is 0.232. The van der Waals surface area contributed by atoms with Gasteiger partial charge in [0.1, 0.15) is 11.5 Å². The lowest BCUT2D eigenvalue weighted by atomic mass is 10.0. The number of aromatic hydroxyl groups is 1. The van der Waals surface area contributed by atoms with Crippen LogP contribution in [0.25, 0.3) is 0 Å². The average Bonchev–Trinajstić information content (AvgIpc) is 2.85. The summed E-state index contributed by atoms with van der Waals surface area (Å²) in [5.41, 5.74) is 4.70. The number of nitrogens with one attached hydrogen (secondary N) is 1. The first kappa shape index (κ1) is 27.5. The summed E-state index contributed by atoms with van der Waals surface area (Å²) in [6, 6.07) is 15.2. The molecule has 0 saturated heterocycles. The molecule has 0 heterocycles. The molecule has 0 amide bonds. The first-order valence-corrected chi connectivity index (χ1v) is 13.3. The second-order valence-electron chi connectivity index (χ2n) is 8.83. The molecule has 1 atom stereocenters. The molecule has 0 aliphatic rings. The predicted octanol–water partition coefficient (Wildman–Crippen LogP) is 3.70. The number of ether oxygens (including phenoxy) is 1. The van der Waals surface area contributed by atoms with E-state index in [0.29, 0.717) is 24.2 Å². The minimum Gasteiger partial charge on any atom is -0.508 e. The SMILES string of the molecule is Cc1ccc(NC[C@H](O)c2ccc(O)c(CO)c2)c(OCCCCc2cccc(S(N)(=O)=O)c2)c1C. The van der Waals surface area contributed by atoms with Gasteiger partial charge in [0, 0.05) is 12.1 Å². The predicted molar refractivity (Wildman–Crippen MR) is 140 cm³/mol. The number of benzene rings is 3. The van der Waals surface area contributed by atoms with Crippen LogP contribution in [0, 0.1) is 13.8 Å². The number of hydrogen-bond donors (Lipinski definition) is 5. The summed E-state index contributed by atoms with van der Waals surface area (Å²) in [6.45, 7) is 4.38. The lowest BCUT2D eigenvalue weighted by Crippen LogP contribution is -2.14. The van der Waals surface area contributed by atoms with Crippen molar-refractivity contribution in [1.82, 2.24) is 0 Å². The van der Waals surface area contributed by atoms with Crippen LogP contribution < -0.4 is 15.2 Å². The third-order valence-electron chi connectivity index (χ3n) is 6.15. The van der Waals surface area contributed by atoms with Gasteiger partial charge in [0.25, 0.3) is 0 Å². The van der Waals surface area contributed by atoms with E-state index in [1.54, 1.807) is 24.3 Å². The minimum atomic E-state index is -3.72. The molecule has 9 heteroatoms. The molecule has 0 aliphatic heterocycles. The highest BCUT2D eigenvalue weighted by molar-refractivity contribution is 7.89. The molecule has 6 N–H and O–H groups in total. The van der Waals surface area contributed by atoms with E-state index in [9.17, 15) is 23.7 Å². The monoisotopic (exact) mass is 514 g/mol. The fourth-order valence-electron chi connectivity index (χ4n) is 3.86. The van der Waals surface area contributed by atoms with Crippen LogP contribution in [-0.2, 0) is 23.1 Å². The van der Waals surface area contributed by atoms with E-state index < -0.39 is 16.1 Å². The number of aliphatic hydroxyl groups excluding tert-OH is 2. The van der Waals surface area contributed by atoms with Crippen LogP contribution in [-0.4, -0.2) is 36.9 Å². The highest BCUT2D eigenvalue weighted by atomic mass is 32.2. The molecule has 3 aromatic rings. The normalized spacial score (nSPS) is 12.4. The third kappa shape index (κ3) is 7.20. The standard InChI is InChI=1S/C27H34N2O6S/c1-18-9-11-24(29-16-26(32)21-10-12-25(31)22(15-21)17-30)27(19(18)2)35-13-4-3-6-20-7-5-8-23(14-20)36(28,33)34/h5,7-12,14-15,26,29-32H,3-4,6,13,16-17H2,1-2H3,(H2,28,33,34)/t26-/m0/s1. The summed E-state index contributed by atoms with van der Waals surface area (Å²) in [7, 11) is -3.72. The highest BCUT2D eigenvalue weighted by Gasteiger charge is 2.14. The lowest BCUT2D eigenvalue weighted by Gasteiger charge is -2.19. The van der Waals surface area contributed by atoms with Crippen molar-refractivity contribution in [3.05, 3.63) is 82.4 Å². The van der Waals surface area contributed by atoms with Gasteiger partial charge in [-0.3, -0.25) is 0 Å². The second-order valence-corrected chi connectivity index (χ2v) is 10.4. The van der Waals surface area contributed by atoms with Gasteiger partial charge in [0.2, 0.25) is 10.0 Å². The summed E-state index contributed by atoms with van der Waals surface area (Å²) in [4.78, 5) is 0.115. The van der Waals surface area contributed by atoms with E-state index in [1.165, 1.54) is 12.1 Å². The number of anilines is 1. The Morgan fingerprint density at radius 1 is 1.06 bits per heavy atom. The molecule has 0 spiro atoms. The number of rotatable bonds is 12. The van der Waals surface area contributed by atoms with Crippen LogP contribution in [0.5, 0.6) is 11.5 Å². The number of nitrogens with two attached hydrogens (primary N) is 1. The smallest absolute Gasteiger partial charge is 0.238 e. The molecule has 0 radical (unpaired) electrons. The van der Waals surface area contributed by atoms with Gasteiger partial charge in [0.15, 0.2) is 0 Å². The lowest BCUT2D eigenvalue weighted by molar-refractivity contribution is 0.191. The molecule has 36 heavy (non-hydrogen) atoms. The fraction of sp³-hybridized carbons (Fsp3) is 0.333. The molecule has 3 aromatic carbocycles. The Morgan fingerprint density at radius 2 is 1.83 bits per heavy atom. The van der Waals surface area contributed by atoms with Crippen molar-refractivity contribution in [1.29, 1.82) is 0 Å². The molecule has 8 nitrogen and oxygen atoms in total. The maximum absolute atomic E-state index is 11.5. The number of aliphatic hydroxyl groups is 2. The second kappa shape index (κ2) is 12.2. The Morgan fingerprint density at radius 3 is 2.56 bits per heavy atom. The number of sulfonamides is 1. The van der Waals surface area contributed by atoms with E-state index >= 15 is 0 Å². The van der Waals surface area contributed by atoms with Crippen LogP contribution in [0.15, 0.2) is 59.5 Å². The van der Waals surface area contributed by atoms with Crippen LogP contribution in [0.1, 0.15) is 46.8 Å².